The Morgan fingerprint density at radius 2 is 1.95 bits per heavy atom. The molecule has 0 saturated carbocycles. The van der Waals surface area contributed by atoms with Gasteiger partial charge in [-0.15, -0.1) is 11.8 Å². The van der Waals surface area contributed by atoms with Gasteiger partial charge in [-0.1, -0.05) is 22.0 Å². The minimum atomic E-state index is 0.447. The van der Waals surface area contributed by atoms with Gasteiger partial charge >= 0.3 is 0 Å². The van der Waals surface area contributed by atoms with Crippen molar-refractivity contribution in [2.45, 2.75) is 23.8 Å². The third-order valence-electron chi connectivity index (χ3n) is 3.61. The predicted molar refractivity (Wildman–Crippen MR) is 87.0 cm³/mol. The Bertz CT molecular complexity index is 580. The van der Waals surface area contributed by atoms with Gasteiger partial charge in [0.2, 0.25) is 0 Å². The van der Waals surface area contributed by atoms with Gasteiger partial charge in [-0.05, 0) is 66.6 Å². The molecule has 19 heavy (non-hydrogen) atoms. The number of halogens is 1. The minimum absolute atomic E-state index is 0.447. The van der Waals surface area contributed by atoms with Crippen LogP contribution >= 0.6 is 27.7 Å². The van der Waals surface area contributed by atoms with E-state index in [1.165, 1.54) is 32.6 Å². The lowest BCUT2D eigenvalue weighted by Crippen LogP contribution is -2.06. The number of fused-ring (bicyclic) bond motifs is 1. The number of thioether (sulfide) groups is 1. The maximum absolute atomic E-state index is 3.64. The number of hydrogen-bond donors (Lipinski definition) is 1. The van der Waals surface area contributed by atoms with Gasteiger partial charge < -0.3 is 5.32 Å². The second-order valence-corrected chi connectivity index (χ2v) is 6.60. The number of hydrogen-bond acceptors (Lipinski definition) is 2. The molecule has 2 aromatic carbocycles. The van der Waals surface area contributed by atoms with Crippen molar-refractivity contribution in [3.63, 3.8) is 0 Å². The number of anilines is 1. The van der Waals surface area contributed by atoms with Gasteiger partial charge in [-0.3, -0.25) is 0 Å². The maximum atomic E-state index is 3.64. The zero-order valence-electron chi connectivity index (χ0n) is 10.8. The Morgan fingerprint density at radius 1 is 1.16 bits per heavy atom. The van der Waals surface area contributed by atoms with Crippen LogP contribution in [0, 0.1) is 0 Å². The van der Waals surface area contributed by atoms with Gasteiger partial charge in [-0.2, -0.15) is 0 Å². The van der Waals surface area contributed by atoms with E-state index in [0.29, 0.717) is 6.04 Å². The van der Waals surface area contributed by atoms with E-state index in [4.69, 9.17) is 0 Å². The lowest BCUT2D eigenvalue weighted by atomic mass is 10.1. The van der Waals surface area contributed by atoms with Crippen LogP contribution in [0.1, 0.15) is 23.6 Å². The molecule has 98 valence electrons. The van der Waals surface area contributed by atoms with E-state index in [0.717, 1.165) is 6.42 Å². The lowest BCUT2D eigenvalue weighted by Gasteiger charge is -2.16. The lowest BCUT2D eigenvalue weighted by molar-refractivity contribution is 0.762. The van der Waals surface area contributed by atoms with Crippen molar-refractivity contribution in [1.29, 1.82) is 0 Å². The molecule has 3 rings (SSSR count). The topological polar surface area (TPSA) is 12.0 Å². The first-order valence-electron chi connectivity index (χ1n) is 6.45. The highest BCUT2D eigenvalue weighted by Crippen LogP contribution is 2.35. The predicted octanol–water partition coefficient (Wildman–Crippen LogP) is 5.27. The summed E-state index contributed by atoms with van der Waals surface area (Å²) in [6, 6.07) is 15.7. The second-order valence-electron chi connectivity index (χ2n) is 4.81. The summed E-state index contributed by atoms with van der Waals surface area (Å²) in [5.41, 5.74) is 4.11. The average Bonchev–Trinajstić information content (AvgIpc) is 2.82. The van der Waals surface area contributed by atoms with Crippen LogP contribution in [-0.4, -0.2) is 6.26 Å². The summed E-state index contributed by atoms with van der Waals surface area (Å²) in [5, 5.41) is 3.64. The third-order valence-corrected chi connectivity index (χ3v) is 4.85. The van der Waals surface area contributed by atoms with Crippen LogP contribution in [0.5, 0.6) is 0 Å². The molecule has 0 aliphatic heterocycles. The summed E-state index contributed by atoms with van der Waals surface area (Å²) in [6.45, 7) is 0. The molecule has 1 unspecified atom stereocenters. The van der Waals surface area contributed by atoms with Crippen molar-refractivity contribution < 1.29 is 0 Å². The molecule has 1 nitrogen and oxygen atoms in total. The van der Waals surface area contributed by atoms with Crippen LogP contribution in [0.2, 0.25) is 0 Å². The molecular formula is C16H16BrNS. The van der Waals surface area contributed by atoms with Crippen molar-refractivity contribution >= 4 is 33.4 Å². The van der Waals surface area contributed by atoms with Crippen molar-refractivity contribution in [2.75, 3.05) is 11.6 Å². The van der Waals surface area contributed by atoms with Gasteiger partial charge in [0.05, 0.1) is 6.04 Å². The van der Waals surface area contributed by atoms with Crippen LogP contribution in [0.15, 0.2) is 51.8 Å². The quantitative estimate of drug-likeness (QED) is 0.768. The highest BCUT2D eigenvalue weighted by molar-refractivity contribution is 9.10. The fourth-order valence-electron chi connectivity index (χ4n) is 2.62. The minimum Gasteiger partial charge on any atom is -0.378 e. The third kappa shape index (κ3) is 2.82. The molecule has 2 aromatic rings. The number of nitrogens with one attached hydrogen (secondary N) is 1. The highest BCUT2D eigenvalue weighted by Gasteiger charge is 2.22. The monoisotopic (exact) mass is 333 g/mol. The smallest absolute Gasteiger partial charge is 0.0519 e. The van der Waals surface area contributed by atoms with Crippen LogP contribution in [0.3, 0.4) is 0 Å². The average molecular weight is 334 g/mol. The molecular weight excluding hydrogens is 318 g/mol. The first-order chi connectivity index (χ1) is 9.26. The summed E-state index contributed by atoms with van der Waals surface area (Å²) in [4.78, 5) is 1.31. The number of rotatable bonds is 3. The first kappa shape index (κ1) is 13.1. The Labute approximate surface area is 126 Å². The second kappa shape index (κ2) is 5.59. The van der Waals surface area contributed by atoms with Crippen LogP contribution < -0.4 is 5.32 Å². The van der Waals surface area contributed by atoms with E-state index in [-0.39, 0.29) is 0 Å². The summed E-state index contributed by atoms with van der Waals surface area (Å²) in [7, 11) is 0. The van der Waals surface area contributed by atoms with E-state index >= 15 is 0 Å². The molecule has 1 N–H and O–H groups in total. The standard InChI is InChI=1S/C16H16BrNS/c1-19-14-6-4-13(5-7-14)18-16-9-2-11-10-12(17)3-8-15(11)16/h3-8,10,16,18H,2,9H2,1H3. The Kier molecular flexibility index (Phi) is 3.85. The number of aryl methyl sites for hydroxylation is 1. The van der Waals surface area contributed by atoms with Crippen LogP contribution in [-0.2, 0) is 6.42 Å². The van der Waals surface area contributed by atoms with E-state index in [9.17, 15) is 0 Å². The zero-order chi connectivity index (χ0) is 13.2. The summed E-state index contributed by atoms with van der Waals surface area (Å²) < 4.78 is 1.18. The van der Waals surface area contributed by atoms with Crippen molar-refractivity contribution in [3.8, 4) is 0 Å². The zero-order valence-corrected chi connectivity index (χ0v) is 13.2. The Morgan fingerprint density at radius 3 is 2.68 bits per heavy atom. The summed E-state index contributed by atoms with van der Waals surface area (Å²) in [6.07, 6.45) is 4.44. The normalized spacial score (nSPS) is 17.3. The molecule has 0 saturated heterocycles. The van der Waals surface area contributed by atoms with Gasteiger partial charge in [0.25, 0.3) is 0 Å². The van der Waals surface area contributed by atoms with Crippen molar-refractivity contribution in [1.82, 2.24) is 0 Å². The molecule has 1 atom stereocenters. The summed E-state index contributed by atoms with van der Waals surface area (Å²) >= 11 is 5.32. The first-order valence-corrected chi connectivity index (χ1v) is 8.47. The van der Waals surface area contributed by atoms with Crippen LogP contribution in [0.25, 0.3) is 0 Å². The molecule has 0 aromatic heterocycles. The maximum Gasteiger partial charge on any atom is 0.0519 e. The van der Waals surface area contributed by atoms with Gasteiger partial charge in [0.15, 0.2) is 0 Å². The molecule has 0 heterocycles. The Hall–Kier alpha value is -0.930. The molecule has 3 heteroatoms. The molecule has 0 radical (unpaired) electrons. The van der Waals surface area contributed by atoms with Gasteiger partial charge in [0, 0.05) is 15.1 Å². The van der Waals surface area contributed by atoms with Crippen molar-refractivity contribution in [3.05, 3.63) is 58.1 Å². The highest BCUT2D eigenvalue weighted by atomic mass is 79.9. The van der Waals surface area contributed by atoms with E-state index in [2.05, 4.69) is 70.0 Å². The molecule has 0 bridgehead atoms. The van der Waals surface area contributed by atoms with Crippen molar-refractivity contribution in [2.24, 2.45) is 0 Å². The van der Waals surface area contributed by atoms with Gasteiger partial charge in [0.1, 0.15) is 0 Å². The molecule has 1 aliphatic rings. The summed E-state index contributed by atoms with van der Waals surface area (Å²) in [5.74, 6) is 0. The fourth-order valence-corrected chi connectivity index (χ4v) is 3.44. The van der Waals surface area contributed by atoms with E-state index < -0.39 is 0 Å². The van der Waals surface area contributed by atoms with Gasteiger partial charge in [-0.25, -0.2) is 0 Å². The van der Waals surface area contributed by atoms with E-state index in [1.807, 2.05) is 0 Å². The Balaban J connectivity index is 1.78. The fraction of sp³-hybridized carbons (Fsp3) is 0.250. The van der Waals surface area contributed by atoms with E-state index in [1.54, 1.807) is 11.8 Å². The molecule has 1 aliphatic carbocycles. The number of benzene rings is 2. The molecule has 0 spiro atoms. The molecule has 0 fully saturated rings. The van der Waals surface area contributed by atoms with Crippen LogP contribution in [0.4, 0.5) is 5.69 Å². The molecule has 0 amide bonds. The largest absolute Gasteiger partial charge is 0.378 e. The SMILES string of the molecule is CSc1ccc(NC2CCc3cc(Br)ccc32)cc1.